The smallest absolute Gasteiger partial charge is 0.266 e. The minimum Gasteiger partial charge on any atom is -0.399 e. The molecule has 2 aromatic rings. The summed E-state index contributed by atoms with van der Waals surface area (Å²) >= 11 is 6.90. The minimum atomic E-state index is -4.12. The molecule has 0 aliphatic heterocycles. The zero-order valence-electron chi connectivity index (χ0n) is 10.7. The number of nitrogens with zero attached hydrogens (tertiary/aromatic N) is 1. The van der Waals surface area contributed by atoms with E-state index in [9.17, 15) is 12.8 Å². The Hall–Kier alpha value is -1.38. The summed E-state index contributed by atoms with van der Waals surface area (Å²) in [6, 6.07) is 2.19. The Kier molecular flexibility index (Phi) is 3.54. The first-order chi connectivity index (χ1) is 9.87. The molecule has 3 N–H and O–H groups in total. The molecule has 3 rings (SSSR count). The molecule has 1 heterocycles. The van der Waals surface area contributed by atoms with E-state index >= 15 is 0 Å². The number of benzene rings is 1. The van der Waals surface area contributed by atoms with E-state index in [1.165, 1.54) is 11.3 Å². The Bertz CT molecular complexity index is 799. The number of nitrogens with one attached hydrogen (secondary N) is 1. The summed E-state index contributed by atoms with van der Waals surface area (Å²) in [5.41, 5.74) is 6.50. The number of aromatic nitrogens is 1. The molecule has 0 amide bonds. The highest BCUT2D eigenvalue weighted by atomic mass is 35.5. The van der Waals surface area contributed by atoms with Gasteiger partial charge in [-0.15, -0.1) is 11.3 Å². The lowest BCUT2D eigenvalue weighted by molar-refractivity contribution is 0.571. The Balaban J connectivity index is 1.97. The second-order valence-electron chi connectivity index (χ2n) is 4.66. The van der Waals surface area contributed by atoms with Gasteiger partial charge in [0.1, 0.15) is 4.90 Å². The fourth-order valence-electron chi connectivity index (χ4n) is 2.18. The van der Waals surface area contributed by atoms with Crippen molar-refractivity contribution in [3.8, 4) is 0 Å². The largest absolute Gasteiger partial charge is 0.399 e. The van der Waals surface area contributed by atoms with Crippen LogP contribution in [0.3, 0.4) is 0 Å². The van der Waals surface area contributed by atoms with Gasteiger partial charge in [-0.05, 0) is 31.4 Å². The quantitative estimate of drug-likeness (QED) is 0.836. The molecular formula is C12H11ClFN3O2S2. The number of nitrogen functional groups attached to an aromatic ring is 1. The van der Waals surface area contributed by atoms with Crippen molar-refractivity contribution in [2.45, 2.75) is 24.2 Å². The molecule has 0 spiro atoms. The van der Waals surface area contributed by atoms with Crippen molar-refractivity contribution in [3.63, 3.8) is 0 Å². The maximum atomic E-state index is 13.9. The van der Waals surface area contributed by atoms with Crippen LogP contribution in [0, 0.1) is 5.82 Å². The molecule has 112 valence electrons. The van der Waals surface area contributed by atoms with Gasteiger partial charge in [0.25, 0.3) is 10.0 Å². The molecule has 0 radical (unpaired) electrons. The second kappa shape index (κ2) is 5.11. The molecule has 1 aliphatic rings. The van der Waals surface area contributed by atoms with E-state index in [4.69, 9.17) is 17.3 Å². The number of sulfonamides is 1. The number of hydrogen-bond donors (Lipinski definition) is 2. The number of nitrogens with two attached hydrogens (primary N) is 1. The zero-order chi connectivity index (χ0) is 15.2. The van der Waals surface area contributed by atoms with E-state index in [0.717, 1.165) is 42.0 Å². The number of halogens is 2. The van der Waals surface area contributed by atoms with Gasteiger partial charge in [0.05, 0.1) is 10.7 Å². The van der Waals surface area contributed by atoms with Crippen LogP contribution in [0.4, 0.5) is 15.2 Å². The number of aryl methyl sites for hydroxylation is 2. The predicted octanol–water partition coefficient (Wildman–Crippen LogP) is 2.81. The van der Waals surface area contributed by atoms with Crippen molar-refractivity contribution in [3.05, 3.63) is 33.5 Å². The predicted molar refractivity (Wildman–Crippen MR) is 80.8 cm³/mol. The minimum absolute atomic E-state index is 0.0726. The summed E-state index contributed by atoms with van der Waals surface area (Å²) in [7, 11) is -4.12. The maximum absolute atomic E-state index is 13.9. The third-order valence-electron chi connectivity index (χ3n) is 3.12. The van der Waals surface area contributed by atoms with E-state index in [-0.39, 0.29) is 15.8 Å². The average Bonchev–Trinajstić information content (AvgIpc) is 2.93. The van der Waals surface area contributed by atoms with Gasteiger partial charge in [-0.1, -0.05) is 11.6 Å². The Morgan fingerprint density at radius 2 is 2.14 bits per heavy atom. The van der Waals surface area contributed by atoms with Gasteiger partial charge in [-0.2, -0.15) is 0 Å². The molecule has 5 nitrogen and oxygen atoms in total. The van der Waals surface area contributed by atoms with Crippen molar-refractivity contribution in [2.24, 2.45) is 0 Å². The van der Waals surface area contributed by atoms with Gasteiger partial charge < -0.3 is 5.73 Å². The van der Waals surface area contributed by atoms with Crippen LogP contribution in [0.15, 0.2) is 17.0 Å². The molecule has 1 aliphatic carbocycles. The highest BCUT2D eigenvalue weighted by molar-refractivity contribution is 7.93. The van der Waals surface area contributed by atoms with Gasteiger partial charge in [0, 0.05) is 10.6 Å². The SMILES string of the molecule is Nc1cc(Cl)c(F)c(S(=O)(=O)Nc2nc3c(s2)CCC3)c1. The van der Waals surface area contributed by atoms with Crippen LogP contribution in [-0.2, 0) is 22.9 Å². The Morgan fingerprint density at radius 3 is 2.86 bits per heavy atom. The van der Waals surface area contributed by atoms with Crippen LogP contribution >= 0.6 is 22.9 Å². The molecule has 0 unspecified atom stereocenters. The summed E-state index contributed by atoms with van der Waals surface area (Å²) in [5.74, 6) is -1.03. The molecule has 0 saturated carbocycles. The van der Waals surface area contributed by atoms with Gasteiger partial charge in [-0.3, -0.25) is 4.72 Å². The van der Waals surface area contributed by atoms with Crippen molar-refractivity contribution in [1.29, 1.82) is 0 Å². The van der Waals surface area contributed by atoms with Crippen molar-refractivity contribution >= 4 is 43.8 Å². The first-order valence-electron chi connectivity index (χ1n) is 6.13. The van der Waals surface area contributed by atoms with E-state index in [2.05, 4.69) is 9.71 Å². The van der Waals surface area contributed by atoms with Crippen molar-refractivity contribution in [1.82, 2.24) is 4.98 Å². The number of thiazole rings is 1. The zero-order valence-corrected chi connectivity index (χ0v) is 13.1. The summed E-state index contributed by atoms with van der Waals surface area (Å²) in [5, 5.41) is -0.102. The Morgan fingerprint density at radius 1 is 1.38 bits per heavy atom. The molecule has 0 fully saturated rings. The van der Waals surface area contributed by atoms with Crippen LogP contribution in [0.25, 0.3) is 0 Å². The molecule has 1 aromatic heterocycles. The van der Waals surface area contributed by atoms with E-state index in [0.29, 0.717) is 0 Å². The first-order valence-corrected chi connectivity index (χ1v) is 8.80. The summed E-state index contributed by atoms with van der Waals surface area (Å²) < 4.78 is 40.7. The van der Waals surface area contributed by atoms with Crippen molar-refractivity contribution in [2.75, 3.05) is 10.5 Å². The van der Waals surface area contributed by atoms with Gasteiger partial charge in [0.15, 0.2) is 10.9 Å². The molecule has 0 atom stereocenters. The van der Waals surface area contributed by atoms with E-state index in [1.807, 2.05) is 0 Å². The lowest BCUT2D eigenvalue weighted by Crippen LogP contribution is -2.15. The summed E-state index contributed by atoms with van der Waals surface area (Å²) in [4.78, 5) is 4.71. The summed E-state index contributed by atoms with van der Waals surface area (Å²) in [6.07, 6.45) is 2.76. The normalized spacial score (nSPS) is 14.2. The average molecular weight is 348 g/mol. The van der Waals surface area contributed by atoms with Crippen LogP contribution in [0.5, 0.6) is 0 Å². The standard InChI is InChI=1S/C12H11ClFN3O2S2/c13-7-4-6(15)5-10(11(7)14)21(18,19)17-12-16-8-2-1-3-9(8)20-12/h4-5H,1-3,15H2,(H,16,17). The fraction of sp³-hybridized carbons (Fsp3) is 0.250. The second-order valence-corrected chi connectivity index (χ2v) is 7.80. The molecule has 0 saturated heterocycles. The highest BCUT2D eigenvalue weighted by Gasteiger charge is 2.25. The molecule has 1 aromatic carbocycles. The number of fused-ring (bicyclic) bond motifs is 1. The van der Waals surface area contributed by atoms with Gasteiger partial charge in [-0.25, -0.2) is 17.8 Å². The molecule has 9 heteroatoms. The molecule has 0 bridgehead atoms. The third-order valence-corrected chi connectivity index (χ3v) is 5.94. The summed E-state index contributed by atoms with van der Waals surface area (Å²) in [6.45, 7) is 0. The maximum Gasteiger partial charge on any atom is 0.266 e. The Labute approximate surface area is 130 Å². The first kappa shape index (κ1) is 14.6. The highest BCUT2D eigenvalue weighted by Crippen LogP contribution is 2.33. The van der Waals surface area contributed by atoms with Gasteiger partial charge in [0.2, 0.25) is 0 Å². The van der Waals surface area contributed by atoms with E-state index < -0.39 is 20.7 Å². The van der Waals surface area contributed by atoms with Crippen LogP contribution < -0.4 is 10.5 Å². The third kappa shape index (κ3) is 2.70. The lowest BCUT2D eigenvalue weighted by atomic mass is 10.3. The van der Waals surface area contributed by atoms with Crippen LogP contribution in [0.2, 0.25) is 5.02 Å². The van der Waals surface area contributed by atoms with Crippen molar-refractivity contribution < 1.29 is 12.8 Å². The topological polar surface area (TPSA) is 85.1 Å². The lowest BCUT2D eigenvalue weighted by Gasteiger charge is -2.08. The number of hydrogen-bond acceptors (Lipinski definition) is 5. The van der Waals surface area contributed by atoms with E-state index in [1.54, 1.807) is 0 Å². The molecule has 21 heavy (non-hydrogen) atoms. The van der Waals surface area contributed by atoms with Crippen LogP contribution in [-0.4, -0.2) is 13.4 Å². The number of rotatable bonds is 3. The van der Waals surface area contributed by atoms with Gasteiger partial charge >= 0.3 is 0 Å². The number of anilines is 2. The molecular weight excluding hydrogens is 337 g/mol. The fourth-order valence-corrected chi connectivity index (χ4v) is 4.89. The van der Waals surface area contributed by atoms with Crippen LogP contribution in [0.1, 0.15) is 17.0 Å². The monoisotopic (exact) mass is 347 g/mol.